The van der Waals surface area contributed by atoms with E-state index >= 15 is 0 Å². The Morgan fingerprint density at radius 1 is 1.33 bits per heavy atom. The van der Waals surface area contributed by atoms with E-state index in [1.165, 1.54) is 4.88 Å². The summed E-state index contributed by atoms with van der Waals surface area (Å²) in [6.45, 7) is 7.54. The molecule has 1 heterocycles. The fraction of sp³-hybridized carbons (Fsp3) is 0.357. The Bertz CT molecular complexity index is 549. The molecule has 18 heavy (non-hydrogen) atoms. The smallest absolute Gasteiger partial charge is 0.136 e. The van der Waals surface area contributed by atoms with Crippen molar-refractivity contribution in [1.82, 2.24) is 10.3 Å². The van der Waals surface area contributed by atoms with Crippen LogP contribution in [0.15, 0.2) is 18.2 Å². The van der Waals surface area contributed by atoms with Crippen LogP contribution in [-0.2, 0) is 6.54 Å². The molecule has 2 nitrogen and oxygen atoms in total. The molecule has 0 bridgehead atoms. The van der Waals surface area contributed by atoms with Crippen LogP contribution in [0.5, 0.6) is 0 Å². The minimum absolute atomic E-state index is 0.166. The highest BCUT2D eigenvalue weighted by molar-refractivity contribution is 7.15. The van der Waals surface area contributed by atoms with E-state index in [4.69, 9.17) is 0 Å². The molecule has 2 aromatic rings. The van der Waals surface area contributed by atoms with Crippen molar-refractivity contribution in [3.63, 3.8) is 0 Å². The largest absolute Gasteiger partial charge is 0.312 e. The second kappa shape index (κ2) is 5.59. The lowest BCUT2D eigenvalue weighted by atomic mass is 10.1. The third-order valence-electron chi connectivity index (χ3n) is 2.85. The van der Waals surface area contributed by atoms with Crippen molar-refractivity contribution in [2.75, 3.05) is 6.54 Å². The number of rotatable bonds is 4. The maximum absolute atomic E-state index is 14.0. The molecule has 2 rings (SSSR count). The van der Waals surface area contributed by atoms with Gasteiger partial charge in [0.05, 0.1) is 5.69 Å². The average molecular weight is 264 g/mol. The van der Waals surface area contributed by atoms with Gasteiger partial charge in [-0.2, -0.15) is 0 Å². The zero-order chi connectivity index (χ0) is 13.1. The van der Waals surface area contributed by atoms with Gasteiger partial charge in [-0.15, -0.1) is 11.3 Å². The van der Waals surface area contributed by atoms with Gasteiger partial charge in [0.25, 0.3) is 0 Å². The number of benzene rings is 1. The predicted molar refractivity (Wildman–Crippen MR) is 74.4 cm³/mol. The van der Waals surface area contributed by atoms with E-state index < -0.39 is 0 Å². The van der Waals surface area contributed by atoms with Crippen LogP contribution in [0.3, 0.4) is 0 Å². The first-order valence-corrected chi connectivity index (χ1v) is 6.87. The molecule has 0 aliphatic carbocycles. The average Bonchev–Trinajstić information content (AvgIpc) is 2.71. The molecule has 1 aromatic carbocycles. The fourth-order valence-corrected chi connectivity index (χ4v) is 2.81. The third kappa shape index (κ3) is 2.60. The second-order valence-electron chi connectivity index (χ2n) is 4.24. The Morgan fingerprint density at radius 2 is 2.11 bits per heavy atom. The van der Waals surface area contributed by atoms with Gasteiger partial charge in [-0.05, 0) is 32.0 Å². The normalized spacial score (nSPS) is 10.9. The quantitative estimate of drug-likeness (QED) is 0.911. The SMILES string of the molecule is CCNCc1sc(-c2cccc(C)c2F)nc1C. The highest BCUT2D eigenvalue weighted by Gasteiger charge is 2.13. The summed E-state index contributed by atoms with van der Waals surface area (Å²) in [6.07, 6.45) is 0. The number of aromatic nitrogens is 1. The molecule has 0 aliphatic rings. The molecule has 0 radical (unpaired) electrons. The van der Waals surface area contributed by atoms with Crippen molar-refractivity contribution < 1.29 is 4.39 Å². The Labute approximate surface area is 111 Å². The third-order valence-corrected chi connectivity index (χ3v) is 4.04. The number of halogens is 1. The number of aryl methyl sites for hydroxylation is 2. The molecule has 0 saturated heterocycles. The zero-order valence-corrected chi connectivity index (χ0v) is 11.7. The lowest BCUT2D eigenvalue weighted by Gasteiger charge is -2.01. The summed E-state index contributed by atoms with van der Waals surface area (Å²) in [5, 5.41) is 4.04. The number of nitrogens with zero attached hydrogens (tertiary/aromatic N) is 1. The molecular formula is C14H17FN2S. The van der Waals surface area contributed by atoms with Crippen LogP contribution in [0.1, 0.15) is 23.1 Å². The molecule has 96 valence electrons. The van der Waals surface area contributed by atoms with E-state index in [2.05, 4.69) is 17.2 Å². The predicted octanol–water partition coefficient (Wildman–Crippen LogP) is 3.68. The van der Waals surface area contributed by atoms with Crippen molar-refractivity contribution in [2.24, 2.45) is 0 Å². The highest BCUT2D eigenvalue weighted by Crippen LogP contribution is 2.30. The number of hydrogen-bond acceptors (Lipinski definition) is 3. The maximum atomic E-state index is 14.0. The molecule has 1 aromatic heterocycles. The topological polar surface area (TPSA) is 24.9 Å². The minimum atomic E-state index is -0.166. The lowest BCUT2D eigenvalue weighted by Crippen LogP contribution is -2.11. The van der Waals surface area contributed by atoms with Crippen LogP contribution in [0.25, 0.3) is 10.6 Å². The fourth-order valence-electron chi connectivity index (χ4n) is 1.76. The summed E-state index contributed by atoms with van der Waals surface area (Å²) in [6, 6.07) is 5.44. The lowest BCUT2D eigenvalue weighted by molar-refractivity contribution is 0.622. The molecular weight excluding hydrogens is 247 g/mol. The van der Waals surface area contributed by atoms with Gasteiger partial charge >= 0.3 is 0 Å². The van der Waals surface area contributed by atoms with E-state index in [0.717, 1.165) is 23.8 Å². The summed E-state index contributed by atoms with van der Waals surface area (Å²) >= 11 is 1.56. The standard InChI is InChI=1S/C14H17FN2S/c1-4-16-8-12-10(3)17-14(18-12)11-7-5-6-9(2)13(11)15/h5-7,16H,4,8H2,1-3H3. The first-order valence-electron chi connectivity index (χ1n) is 6.06. The van der Waals surface area contributed by atoms with Gasteiger partial charge < -0.3 is 5.32 Å². The van der Waals surface area contributed by atoms with Gasteiger partial charge in [-0.1, -0.05) is 19.1 Å². The molecule has 0 amide bonds. The number of hydrogen-bond donors (Lipinski definition) is 1. The molecule has 1 N–H and O–H groups in total. The van der Waals surface area contributed by atoms with Crippen LogP contribution in [0.4, 0.5) is 4.39 Å². The summed E-state index contributed by atoms with van der Waals surface area (Å²) in [5.41, 5.74) is 2.25. The van der Waals surface area contributed by atoms with E-state index in [-0.39, 0.29) is 5.82 Å². The minimum Gasteiger partial charge on any atom is -0.312 e. The van der Waals surface area contributed by atoms with E-state index in [1.807, 2.05) is 13.0 Å². The van der Waals surface area contributed by atoms with Crippen LogP contribution < -0.4 is 5.32 Å². The van der Waals surface area contributed by atoms with Crippen molar-refractivity contribution in [3.8, 4) is 10.6 Å². The summed E-state index contributed by atoms with van der Waals surface area (Å²) in [4.78, 5) is 5.65. The highest BCUT2D eigenvalue weighted by atomic mass is 32.1. The van der Waals surface area contributed by atoms with Gasteiger partial charge in [-0.25, -0.2) is 9.37 Å². The Morgan fingerprint density at radius 3 is 2.83 bits per heavy atom. The first kappa shape index (κ1) is 13.2. The molecule has 0 unspecified atom stereocenters. The Hall–Kier alpha value is -1.26. The first-order chi connectivity index (χ1) is 8.63. The molecule has 0 saturated carbocycles. The van der Waals surface area contributed by atoms with Gasteiger partial charge in [0.1, 0.15) is 10.8 Å². The van der Waals surface area contributed by atoms with Gasteiger partial charge in [0.15, 0.2) is 0 Å². The molecule has 4 heteroatoms. The van der Waals surface area contributed by atoms with Crippen molar-refractivity contribution in [1.29, 1.82) is 0 Å². The Balaban J connectivity index is 2.36. The maximum Gasteiger partial charge on any atom is 0.136 e. The van der Waals surface area contributed by atoms with Crippen molar-refractivity contribution >= 4 is 11.3 Å². The Kier molecular flexibility index (Phi) is 4.09. The van der Waals surface area contributed by atoms with E-state index in [1.54, 1.807) is 30.4 Å². The van der Waals surface area contributed by atoms with Gasteiger partial charge in [0.2, 0.25) is 0 Å². The summed E-state index contributed by atoms with van der Waals surface area (Å²) in [7, 11) is 0. The van der Waals surface area contributed by atoms with Crippen molar-refractivity contribution in [2.45, 2.75) is 27.3 Å². The molecule has 0 spiro atoms. The monoisotopic (exact) mass is 264 g/mol. The van der Waals surface area contributed by atoms with Crippen molar-refractivity contribution in [3.05, 3.63) is 40.2 Å². The summed E-state index contributed by atoms with van der Waals surface area (Å²) in [5.74, 6) is -0.166. The molecule has 0 aliphatic heterocycles. The number of nitrogens with one attached hydrogen (secondary N) is 1. The molecule has 0 fully saturated rings. The summed E-state index contributed by atoms with van der Waals surface area (Å²) < 4.78 is 14.0. The van der Waals surface area contributed by atoms with E-state index in [9.17, 15) is 4.39 Å². The van der Waals surface area contributed by atoms with Crippen LogP contribution >= 0.6 is 11.3 Å². The van der Waals surface area contributed by atoms with Crippen LogP contribution in [-0.4, -0.2) is 11.5 Å². The van der Waals surface area contributed by atoms with Gasteiger partial charge in [0, 0.05) is 17.0 Å². The van der Waals surface area contributed by atoms with Crippen LogP contribution in [0.2, 0.25) is 0 Å². The zero-order valence-electron chi connectivity index (χ0n) is 10.9. The van der Waals surface area contributed by atoms with E-state index in [0.29, 0.717) is 11.1 Å². The van der Waals surface area contributed by atoms with Crippen LogP contribution in [0, 0.1) is 19.7 Å². The second-order valence-corrected chi connectivity index (χ2v) is 5.33. The van der Waals surface area contributed by atoms with Gasteiger partial charge in [-0.3, -0.25) is 0 Å². The number of thiazole rings is 1. The molecule has 0 atom stereocenters.